The van der Waals surface area contributed by atoms with E-state index in [2.05, 4.69) is 5.32 Å². The van der Waals surface area contributed by atoms with E-state index in [-0.39, 0.29) is 17.9 Å². The van der Waals surface area contributed by atoms with E-state index in [0.717, 1.165) is 12.8 Å². The molecule has 2 fully saturated rings. The van der Waals surface area contributed by atoms with Crippen LogP contribution >= 0.6 is 11.6 Å². The molecular weight excluding hydrogens is 344 g/mol. The van der Waals surface area contributed by atoms with Crippen LogP contribution in [0.15, 0.2) is 24.3 Å². The van der Waals surface area contributed by atoms with Crippen LogP contribution in [0.1, 0.15) is 26.2 Å². The van der Waals surface area contributed by atoms with Crippen LogP contribution in [-0.4, -0.2) is 54.7 Å². The number of rotatable bonds is 5. The second kappa shape index (κ2) is 8.06. The number of hydrogen-bond donors (Lipinski definition) is 1. The first-order valence-corrected chi connectivity index (χ1v) is 9.04. The summed E-state index contributed by atoms with van der Waals surface area (Å²) in [6.45, 7) is 3.70. The first-order chi connectivity index (χ1) is 12.1. The largest absolute Gasteiger partial charge is 0.479 e. The maximum atomic E-state index is 12.6. The molecule has 7 heteroatoms. The molecule has 25 heavy (non-hydrogen) atoms. The summed E-state index contributed by atoms with van der Waals surface area (Å²) < 4.78 is 11.0. The third kappa shape index (κ3) is 4.25. The molecule has 2 saturated heterocycles. The number of carbonyl (C=O) groups excluding carboxylic acids is 2. The fraction of sp³-hybridized carbons (Fsp3) is 0.556. The number of benzene rings is 1. The SMILES string of the molecule is CC(Oc1ccccc1Cl)C(=O)NC1CCN(C2CCOCC2)C1=O. The summed E-state index contributed by atoms with van der Waals surface area (Å²) in [6.07, 6.45) is 1.61. The van der Waals surface area contributed by atoms with Gasteiger partial charge in [0.2, 0.25) is 5.91 Å². The van der Waals surface area contributed by atoms with Gasteiger partial charge in [0.05, 0.1) is 5.02 Å². The molecule has 6 nitrogen and oxygen atoms in total. The van der Waals surface area contributed by atoms with Gasteiger partial charge in [-0.3, -0.25) is 9.59 Å². The van der Waals surface area contributed by atoms with Gasteiger partial charge in [-0.2, -0.15) is 0 Å². The molecule has 2 unspecified atom stereocenters. The number of halogens is 1. The Morgan fingerprint density at radius 2 is 2.04 bits per heavy atom. The Morgan fingerprint density at radius 1 is 1.32 bits per heavy atom. The molecule has 2 atom stereocenters. The Bertz CT molecular complexity index is 633. The minimum atomic E-state index is -0.732. The molecular formula is C18H23ClN2O4. The molecule has 0 bridgehead atoms. The molecule has 0 radical (unpaired) electrons. The van der Waals surface area contributed by atoms with Crippen LogP contribution in [0, 0.1) is 0 Å². The molecule has 2 amide bonds. The summed E-state index contributed by atoms with van der Waals surface area (Å²) in [4.78, 5) is 26.8. The fourth-order valence-corrected chi connectivity index (χ4v) is 3.45. The maximum Gasteiger partial charge on any atom is 0.261 e. The van der Waals surface area contributed by atoms with E-state index < -0.39 is 12.1 Å². The third-order valence-corrected chi connectivity index (χ3v) is 5.01. The lowest BCUT2D eigenvalue weighted by atomic mass is 10.1. The van der Waals surface area contributed by atoms with Crippen molar-refractivity contribution in [3.8, 4) is 5.75 Å². The molecule has 136 valence electrons. The molecule has 3 rings (SSSR count). The summed E-state index contributed by atoms with van der Waals surface area (Å²) >= 11 is 6.04. The third-order valence-electron chi connectivity index (χ3n) is 4.70. The van der Waals surface area contributed by atoms with Gasteiger partial charge in [-0.15, -0.1) is 0 Å². The van der Waals surface area contributed by atoms with Gasteiger partial charge in [0, 0.05) is 25.8 Å². The minimum absolute atomic E-state index is 0.00908. The second-order valence-electron chi connectivity index (χ2n) is 6.42. The molecule has 2 heterocycles. The second-order valence-corrected chi connectivity index (χ2v) is 6.82. The van der Waals surface area contributed by atoms with Crippen LogP contribution in [-0.2, 0) is 14.3 Å². The van der Waals surface area contributed by atoms with E-state index in [9.17, 15) is 9.59 Å². The zero-order valence-corrected chi connectivity index (χ0v) is 15.0. The number of hydrogen-bond acceptors (Lipinski definition) is 4. The van der Waals surface area contributed by atoms with Crippen molar-refractivity contribution in [1.82, 2.24) is 10.2 Å². The van der Waals surface area contributed by atoms with Crippen molar-refractivity contribution in [3.05, 3.63) is 29.3 Å². The first-order valence-electron chi connectivity index (χ1n) is 8.66. The van der Waals surface area contributed by atoms with Gasteiger partial charge in [-0.05, 0) is 38.3 Å². The Labute approximate surface area is 152 Å². The summed E-state index contributed by atoms with van der Waals surface area (Å²) in [5.74, 6) is 0.130. The highest BCUT2D eigenvalue weighted by atomic mass is 35.5. The zero-order valence-electron chi connectivity index (χ0n) is 14.2. The average molecular weight is 367 g/mol. The average Bonchev–Trinajstić information content (AvgIpc) is 2.98. The van der Waals surface area contributed by atoms with Gasteiger partial charge in [0.25, 0.3) is 5.91 Å². The van der Waals surface area contributed by atoms with Crippen molar-refractivity contribution in [3.63, 3.8) is 0 Å². The Hall–Kier alpha value is -1.79. The first kappa shape index (κ1) is 18.0. The number of para-hydroxylation sites is 1. The lowest BCUT2D eigenvalue weighted by molar-refractivity contribution is -0.137. The van der Waals surface area contributed by atoms with Crippen molar-refractivity contribution in [2.24, 2.45) is 0 Å². The van der Waals surface area contributed by atoms with Crippen molar-refractivity contribution in [2.45, 2.75) is 44.4 Å². The highest BCUT2D eigenvalue weighted by Gasteiger charge is 2.37. The van der Waals surface area contributed by atoms with Gasteiger partial charge < -0.3 is 19.7 Å². The minimum Gasteiger partial charge on any atom is -0.479 e. The molecule has 1 aromatic rings. The predicted molar refractivity (Wildman–Crippen MR) is 93.6 cm³/mol. The molecule has 2 aliphatic rings. The number of amides is 2. The normalized spacial score (nSPS) is 22.7. The summed E-state index contributed by atoms with van der Waals surface area (Å²) in [5, 5.41) is 3.26. The Balaban J connectivity index is 1.54. The molecule has 0 aromatic heterocycles. The van der Waals surface area contributed by atoms with Crippen LogP contribution in [0.5, 0.6) is 5.75 Å². The van der Waals surface area contributed by atoms with E-state index >= 15 is 0 Å². The Kier molecular flexibility index (Phi) is 5.81. The lowest BCUT2D eigenvalue weighted by Crippen LogP contribution is -2.48. The summed E-state index contributed by atoms with van der Waals surface area (Å²) in [5.41, 5.74) is 0. The zero-order chi connectivity index (χ0) is 17.8. The predicted octanol–water partition coefficient (Wildman–Crippen LogP) is 2.00. The van der Waals surface area contributed by atoms with E-state index in [1.165, 1.54) is 0 Å². The molecule has 0 saturated carbocycles. The van der Waals surface area contributed by atoms with Crippen LogP contribution in [0.25, 0.3) is 0 Å². The van der Waals surface area contributed by atoms with Crippen LogP contribution < -0.4 is 10.1 Å². The van der Waals surface area contributed by atoms with Crippen LogP contribution in [0.4, 0.5) is 0 Å². The number of nitrogens with zero attached hydrogens (tertiary/aromatic N) is 1. The number of carbonyl (C=O) groups is 2. The lowest BCUT2D eigenvalue weighted by Gasteiger charge is -2.31. The highest BCUT2D eigenvalue weighted by Crippen LogP contribution is 2.25. The summed E-state index contributed by atoms with van der Waals surface area (Å²) in [7, 11) is 0. The quantitative estimate of drug-likeness (QED) is 0.865. The monoisotopic (exact) mass is 366 g/mol. The molecule has 2 aliphatic heterocycles. The van der Waals surface area contributed by atoms with Gasteiger partial charge in [-0.25, -0.2) is 0 Å². The van der Waals surface area contributed by atoms with Crippen molar-refractivity contribution in [1.29, 1.82) is 0 Å². The van der Waals surface area contributed by atoms with Gasteiger partial charge in [0.1, 0.15) is 11.8 Å². The molecule has 0 aliphatic carbocycles. The highest BCUT2D eigenvalue weighted by molar-refractivity contribution is 6.32. The Morgan fingerprint density at radius 3 is 2.76 bits per heavy atom. The molecule has 1 aromatic carbocycles. The van der Waals surface area contributed by atoms with Crippen molar-refractivity contribution in [2.75, 3.05) is 19.8 Å². The molecule has 1 N–H and O–H groups in total. The van der Waals surface area contributed by atoms with Crippen LogP contribution in [0.2, 0.25) is 5.02 Å². The van der Waals surface area contributed by atoms with Crippen LogP contribution in [0.3, 0.4) is 0 Å². The smallest absolute Gasteiger partial charge is 0.261 e. The van der Waals surface area contributed by atoms with Crippen molar-refractivity contribution >= 4 is 23.4 Å². The summed E-state index contributed by atoms with van der Waals surface area (Å²) in [6, 6.07) is 6.74. The van der Waals surface area contributed by atoms with Gasteiger partial charge >= 0.3 is 0 Å². The number of likely N-dealkylation sites (tertiary alicyclic amines) is 1. The van der Waals surface area contributed by atoms with E-state index in [1.54, 1.807) is 31.2 Å². The van der Waals surface area contributed by atoms with E-state index in [4.69, 9.17) is 21.1 Å². The van der Waals surface area contributed by atoms with Crippen molar-refractivity contribution < 1.29 is 19.1 Å². The van der Waals surface area contributed by atoms with E-state index in [1.807, 2.05) is 4.90 Å². The number of ether oxygens (including phenoxy) is 2. The number of nitrogens with one attached hydrogen (secondary N) is 1. The van der Waals surface area contributed by atoms with Gasteiger partial charge in [-0.1, -0.05) is 23.7 Å². The standard InChI is InChI=1S/C18H23ClN2O4/c1-12(25-16-5-3-2-4-14(16)19)17(22)20-15-6-9-21(18(15)23)13-7-10-24-11-8-13/h2-5,12-13,15H,6-11H2,1H3,(H,20,22). The van der Waals surface area contributed by atoms with Gasteiger partial charge in [0.15, 0.2) is 6.10 Å². The topological polar surface area (TPSA) is 67.9 Å². The fourth-order valence-electron chi connectivity index (χ4n) is 3.27. The molecule has 0 spiro atoms. The van der Waals surface area contributed by atoms with E-state index in [0.29, 0.717) is 37.0 Å². The maximum absolute atomic E-state index is 12.6.